The van der Waals surface area contributed by atoms with Crippen LogP contribution in [0.3, 0.4) is 0 Å². The third kappa shape index (κ3) is 5.77. The van der Waals surface area contributed by atoms with Gasteiger partial charge in [-0.3, -0.25) is 4.79 Å². The molecule has 0 aromatic heterocycles. The Kier molecular flexibility index (Phi) is 7.24. The number of phenolic OH excluding ortho intramolecular Hbond substituents is 1. The van der Waals surface area contributed by atoms with Crippen LogP contribution in [0.5, 0.6) is 11.5 Å². The van der Waals surface area contributed by atoms with Crippen molar-refractivity contribution in [2.24, 2.45) is 0 Å². The Bertz CT molecular complexity index is 501. The highest BCUT2D eigenvalue weighted by Crippen LogP contribution is 2.30. The first-order chi connectivity index (χ1) is 11.2. The fraction of sp³-hybridized carbons (Fsp3) is 0.632. The lowest BCUT2D eigenvalue weighted by Gasteiger charge is -2.25. The van der Waals surface area contributed by atoms with Crippen molar-refractivity contribution in [1.82, 2.24) is 5.32 Å². The van der Waals surface area contributed by atoms with Gasteiger partial charge in [0.1, 0.15) is 11.5 Å². The summed E-state index contributed by atoms with van der Waals surface area (Å²) in [6.45, 7) is 2.95. The SMILES string of the molecule is CCCCCCCCCNC(=O)C1CCc2ccc(O)cc2O1. The molecular formula is C19H29NO3. The molecule has 23 heavy (non-hydrogen) atoms. The lowest BCUT2D eigenvalue weighted by atomic mass is 10.0. The van der Waals surface area contributed by atoms with E-state index in [9.17, 15) is 9.90 Å². The van der Waals surface area contributed by atoms with E-state index < -0.39 is 6.10 Å². The number of ether oxygens (including phenoxy) is 1. The summed E-state index contributed by atoms with van der Waals surface area (Å²) >= 11 is 0. The Morgan fingerprint density at radius 1 is 1.22 bits per heavy atom. The number of aromatic hydroxyl groups is 1. The highest BCUT2D eigenvalue weighted by Gasteiger charge is 2.25. The van der Waals surface area contributed by atoms with Crippen LogP contribution in [0.15, 0.2) is 18.2 Å². The maximum absolute atomic E-state index is 12.2. The minimum atomic E-state index is -0.436. The Labute approximate surface area is 139 Å². The standard InChI is InChI=1S/C19H29NO3/c1-2-3-4-5-6-7-8-13-20-19(22)17-12-10-15-9-11-16(21)14-18(15)23-17/h9,11,14,17,21H,2-8,10,12-13H2,1H3,(H,20,22). The highest BCUT2D eigenvalue weighted by molar-refractivity contribution is 5.81. The van der Waals surface area contributed by atoms with Crippen molar-refractivity contribution in [3.8, 4) is 11.5 Å². The van der Waals surface area contributed by atoms with Crippen molar-refractivity contribution >= 4 is 5.91 Å². The van der Waals surface area contributed by atoms with Gasteiger partial charge in [0.2, 0.25) is 0 Å². The van der Waals surface area contributed by atoms with Gasteiger partial charge >= 0.3 is 0 Å². The molecule has 1 amide bonds. The highest BCUT2D eigenvalue weighted by atomic mass is 16.5. The number of rotatable bonds is 9. The Morgan fingerprint density at radius 2 is 1.96 bits per heavy atom. The Hall–Kier alpha value is -1.71. The van der Waals surface area contributed by atoms with Crippen LogP contribution in [0.2, 0.25) is 0 Å². The second kappa shape index (κ2) is 9.43. The van der Waals surface area contributed by atoms with E-state index in [0.29, 0.717) is 12.2 Å². The number of hydrogen-bond acceptors (Lipinski definition) is 3. The summed E-state index contributed by atoms with van der Waals surface area (Å²) in [6.07, 6.45) is 9.75. The summed E-state index contributed by atoms with van der Waals surface area (Å²) in [7, 11) is 0. The molecule has 2 N–H and O–H groups in total. The summed E-state index contributed by atoms with van der Waals surface area (Å²) < 4.78 is 5.72. The van der Waals surface area contributed by atoms with Crippen molar-refractivity contribution in [2.45, 2.75) is 70.8 Å². The molecule has 4 heteroatoms. The predicted octanol–water partition coefficient (Wildman–Crippen LogP) is 3.95. The van der Waals surface area contributed by atoms with Crippen molar-refractivity contribution in [1.29, 1.82) is 0 Å². The monoisotopic (exact) mass is 319 g/mol. The Balaban J connectivity index is 1.63. The molecule has 4 nitrogen and oxygen atoms in total. The molecule has 1 unspecified atom stereocenters. The number of carbonyl (C=O) groups is 1. The van der Waals surface area contributed by atoms with Gasteiger partial charge < -0.3 is 15.2 Å². The smallest absolute Gasteiger partial charge is 0.261 e. The Morgan fingerprint density at radius 3 is 2.74 bits per heavy atom. The molecule has 1 atom stereocenters. The number of amides is 1. The fourth-order valence-corrected chi connectivity index (χ4v) is 2.95. The molecule has 0 fully saturated rings. The van der Waals surface area contributed by atoms with E-state index in [-0.39, 0.29) is 11.7 Å². The molecule has 0 spiro atoms. The van der Waals surface area contributed by atoms with Gasteiger partial charge in [-0.2, -0.15) is 0 Å². The van der Waals surface area contributed by atoms with E-state index in [4.69, 9.17) is 4.74 Å². The number of unbranched alkanes of at least 4 members (excludes halogenated alkanes) is 6. The summed E-state index contributed by atoms with van der Waals surface area (Å²) in [5.41, 5.74) is 1.05. The summed E-state index contributed by atoms with van der Waals surface area (Å²) in [5.74, 6) is 0.769. The fourth-order valence-electron chi connectivity index (χ4n) is 2.95. The van der Waals surface area contributed by atoms with Crippen molar-refractivity contribution in [3.63, 3.8) is 0 Å². The van der Waals surface area contributed by atoms with Gasteiger partial charge in [-0.05, 0) is 30.9 Å². The molecule has 1 aliphatic heterocycles. The molecule has 0 saturated heterocycles. The van der Waals surface area contributed by atoms with Crippen LogP contribution in [0, 0.1) is 0 Å². The molecule has 0 bridgehead atoms. The first-order valence-electron chi connectivity index (χ1n) is 8.97. The van der Waals surface area contributed by atoms with E-state index in [0.717, 1.165) is 24.9 Å². The minimum absolute atomic E-state index is 0.0371. The maximum Gasteiger partial charge on any atom is 0.261 e. The van der Waals surface area contributed by atoms with Gasteiger partial charge in [0, 0.05) is 12.6 Å². The first kappa shape index (κ1) is 17.6. The van der Waals surface area contributed by atoms with E-state index in [1.54, 1.807) is 12.1 Å². The third-order valence-electron chi connectivity index (χ3n) is 4.37. The molecule has 1 heterocycles. The van der Waals surface area contributed by atoms with Crippen LogP contribution in [-0.2, 0) is 11.2 Å². The molecule has 0 aliphatic carbocycles. The van der Waals surface area contributed by atoms with Gasteiger partial charge in [0.25, 0.3) is 5.91 Å². The van der Waals surface area contributed by atoms with E-state index in [1.807, 2.05) is 6.07 Å². The average Bonchev–Trinajstić information content (AvgIpc) is 2.56. The van der Waals surface area contributed by atoms with Gasteiger partial charge in [-0.1, -0.05) is 51.5 Å². The van der Waals surface area contributed by atoms with Crippen LogP contribution in [0.4, 0.5) is 0 Å². The maximum atomic E-state index is 12.2. The van der Waals surface area contributed by atoms with E-state index in [1.165, 1.54) is 38.5 Å². The van der Waals surface area contributed by atoms with Crippen molar-refractivity contribution < 1.29 is 14.6 Å². The number of nitrogens with one attached hydrogen (secondary N) is 1. The second-order valence-corrected chi connectivity index (χ2v) is 6.35. The van der Waals surface area contributed by atoms with Gasteiger partial charge in [-0.15, -0.1) is 0 Å². The largest absolute Gasteiger partial charge is 0.508 e. The summed E-state index contributed by atoms with van der Waals surface area (Å²) in [6, 6.07) is 5.10. The quantitative estimate of drug-likeness (QED) is 0.678. The molecule has 0 saturated carbocycles. The van der Waals surface area contributed by atoms with Crippen LogP contribution >= 0.6 is 0 Å². The normalized spacial score (nSPS) is 16.5. The zero-order valence-corrected chi connectivity index (χ0v) is 14.1. The average molecular weight is 319 g/mol. The van der Waals surface area contributed by atoms with Crippen LogP contribution in [0.1, 0.15) is 63.9 Å². The van der Waals surface area contributed by atoms with Crippen molar-refractivity contribution in [2.75, 3.05) is 6.54 Å². The van der Waals surface area contributed by atoms with Gasteiger partial charge in [0.05, 0.1) is 0 Å². The second-order valence-electron chi connectivity index (χ2n) is 6.35. The number of phenols is 1. The molecular weight excluding hydrogens is 290 g/mol. The molecule has 2 rings (SSSR count). The predicted molar refractivity (Wildman–Crippen MR) is 91.8 cm³/mol. The zero-order valence-electron chi connectivity index (χ0n) is 14.1. The molecule has 0 radical (unpaired) electrons. The summed E-state index contributed by atoms with van der Waals surface area (Å²) in [5, 5.41) is 12.5. The number of hydrogen-bond donors (Lipinski definition) is 2. The van der Waals surface area contributed by atoms with E-state index in [2.05, 4.69) is 12.2 Å². The number of fused-ring (bicyclic) bond motifs is 1. The lowest BCUT2D eigenvalue weighted by Crippen LogP contribution is -2.40. The molecule has 1 aromatic rings. The zero-order chi connectivity index (χ0) is 16.5. The van der Waals surface area contributed by atoms with E-state index >= 15 is 0 Å². The topological polar surface area (TPSA) is 58.6 Å². The first-order valence-corrected chi connectivity index (χ1v) is 8.97. The third-order valence-corrected chi connectivity index (χ3v) is 4.37. The van der Waals surface area contributed by atoms with Crippen LogP contribution < -0.4 is 10.1 Å². The van der Waals surface area contributed by atoms with Crippen molar-refractivity contribution in [3.05, 3.63) is 23.8 Å². The van der Waals surface area contributed by atoms with Gasteiger partial charge in [0.15, 0.2) is 6.10 Å². The van der Waals surface area contributed by atoms with Gasteiger partial charge in [-0.25, -0.2) is 0 Å². The molecule has 1 aromatic carbocycles. The number of aryl methyl sites for hydroxylation is 1. The molecule has 1 aliphatic rings. The summed E-state index contributed by atoms with van der Waals surface area (Å²) in [4.78, 5) is 12.2. The minimum Gasteiger partial charge on any atom is -0.508 e. The number of benzene rings is 1. The van der Waals surface area contributed by atoms with Crippen LogP contribution in [0.25, 0.3) is 0 Å². The molecule has 128 valence electrons. The number of carbonyl (C=O) groups excluding carboxylic acids is 1. The lowest BCUT2D eigenvalue weighted by molar-refractivity contribution is -0.128. The van der Waals surface area contributed by atoms with Crippen LogP contribution in [-0.4, -0.2) is 23.7 Å².